The van der Waals surface area contributed by atoms with E-state index in [0.717, 1.165) is 5.56 Å². The number of amides is 1. The maximum atomic E-state index is 13.0. The van der Waals surface area contributed by atoms with E-state index in [9.17, 15) is 4.79 Å². The van der Waals surface area contributed by atoms with Crippen LogP contribution in [0.2, 0.25) is 0 Å². The van der Waals surface area contributed by atoms with Gasteiger partial charge in [-0.3, -0.25) is 4.79 Å². The number of hydrogen-bond acceptors (Lipinski definition) is 5. The van der Waals surface area contributed by atoms with Crippen molar-refractivity contribution in [3.8, 4) is 22.8 Å². The van der Waals surface area contributed by atoms with Gasteiger partial charge in [-0.1, -0.05) is 42.5 Å². The Hall–Kier alpha value is -3.22. The molecule has 4 rings (SSSR count). The molecule has 6 heteroatoms. The molecule has 0 saturated heterocycles. The van der Waals surface area contributed by atoms with Gasteiger partial charge in [0.2, 0.25) is 5.89 Å². The molecular formula is C24H23N3O2S. The maximum Gasteiger partial charge on any atom is 0.252 e. The number of likely N-dealkylation sites (N-methyl/N-ethyl adjacent to an activating group) is 1. The van der Waals surface area contributed by atoms with Crippen LogP contribution in [-0.2, 0) is 0 Å². The van der Waals surface area contributed by atoms with E-state index < -0.39 is 0 Å². The van der Waals surface area contributed by atoms with Crippen LogP contribution < -0.4 is 5.32 Å². The van der Waals surface area contributed by atoms with Gasteiger partial charge in [-0.25, -0.2) is 4.98 Å². The summed E-state index contributed by atoms with van der Waals surface area (Å²) in [6, 6.07) is 19.4. The van der Waals surface area contributed by atoms with Crippen molar-refractivity contribution in [2.24, 2.45) is 0 Å². The molecule has 0 fully saturated rings. The van der Waals surface area contributed by atoms with E-state index in [4.69, 9.17) is 4.42 Å². The van der Waals surface area contributed by atoms with Crippen LogP contribution in [0.25, 0.3) is 22.8 Å². The first kappa shape index (κ1) is 20.1. The summed E-state index contributed by atoms with van der Waals surface area (Å²) in [6.45, 7) is 0.512. The first-order chi connectivity index (χ1) is 14.6. The van der Waals surface area contributed by atoms with Crippen molar-refractivity contribution in [3.63, 3.8) is 0 Å². The first-order valence-corrected chi connectivity index (χ1v) is 10.6. The van der Waals surface area contributed by atoms with Crippen molar-refractivity contribution in [2.75, 3.05) is 20.6 Å². The van der Waals surface area contributed by atoms with Crippen molar-refractivity contribution < 1.29 is 9.21 Å². The zero-order valence-corrected chi connectivity index (χ0v) is 17.7. The summed E-state index contributed by atoms with van der Waals surface area (Å²) in [5.41, 5.74) is 3.36. The molecule has 152 valence electrons. The molecular weight excluding hydrogens is 394 g/mol. The lowest BCUT2D eigenvalue weighted by Gasteiger charge is -2.24. The molecule has 1 atom stereocenters. The SMILES string of the molecule is CN(C)[C@@H](CNC(=O)c1ccccc1-c1ncc(-c2ccccc2)o1)c1ccsc1. The van der Waals surface area contributed by atoms with Crippen molar-refractivity contribution in [1.82, 2.24) is 15.2 Å². The number of thiophene rings is 1. The fraction of sp³-hybridized carbons (Fsp3) is 0.167. The third-order valence-corrected chi connectivity index (χ3v) is 5.67. The van der Waals surface area contributed by atoms with Gasteiger partial charge < -0.3 is 14.6 Å². The van der Waals surface area contributed by atoms with Gasteiger partial charge in [-0.05, 0) is 48.6 Å². The summed E-state index contributed by atoms with van der Waals surface area (Å²) in [7, 11) is 4.03. The molecule has 0 radical (unpaired) electrons. The number of carbonyl (C=O) groups excluding carboxylic acids is 1. The molecule has 5 nitrogen and oxygen atoms in total. The molecule has 0 aliphatic carbocycles. The lowest BCUT2D eigenvalue weighted by atomic mass is 10.1. The van der Waals surface area contributed by atoms with Crippen molar-refractivity contribution >= 4 is 17.2 Å². The molecule has 2 aromatic carbocycles. The summed E-state index contributed by atoms with van der Waals surface area (Å²) in [5, 5.41) is 7.24. The van der Waals surface area contributed by atoms with Gasteiger partial charge in [-0.2, -0.15) is 11.3 Å². The number of rotatable bonds is 7. The number of benzene rings is 2. The van der Waals surface area contributed by atoms with E-state index in [1.807, 2.05) is 62.6 Å². The Labute approximate surface area is 180 Å². The topological polar surface area (TPSA) is 58.4 Å². The Bertz CT molecular complexity index is 1100. The number of nitrogens with zero attached hydrogens (tertiary/aromatic N) is 2. The normalized spacial score (nSPS) is 12.1. The molecule has 0 unspecified atom stereocenters. The summed E-state index contributed by atoms with van der Waals surface area (Å²) in [4.78, 5) is 19.5. The van der Waals surface area contributed by atoms with E-state index in [-0.39, 0.29) is 11.9 Å². The predicted octanol–water partition coefficient (Wildman–Crippen LogP) is 5.10. The van der Waals surface area contributed by atoms with Crippen LogP contribution in [-0.4, -0.2) is 36.4 Å². The van der Waals surface area contributed by atoms with Gasteiger partial charge in [0.1, 0.15) is 0 Å². The van der Waals surface area contributed by atoms with Crippen molar-refractivity contribution in [1.29, 1.82) is 0 Å². The fourth-order valence-corrected chi connectivity index (χ4v) is 4.06. The van der Waals surface area contributed by atoms with Crippen LogP contribution in [0.4, 0.5) is 0 Å². The zero-order valence-electron chi connectivity index (χ0n) is 16.9. The molecule has 0 spiro atoms. The molecule has 4 aromatic rings. The summed E-state index contributed by atoms with van der Waals surface area (Å²) in [5.74, 6) is 0.958. The number of hydrogen-bond donors (Lipinski definition) is 1. The molecule has 0 saturated carbocycles. The number of aromatic nitrogens is 1. The Morgan fingerprint density at radius 3 is 2.60 bits per heavy atom. The van der Waals surface area contributed by atoms with Crippen LogP contribution in [0.15, 0.2) is 82.0 Å². The van der Waals surface area contributed by atoms with Gasteiger partial charge in [-0.15, -0.1) is 0 Å². The molecule has 30 heavy (non-hydrogen) atoms. The number of carbonyl (C=O) groups is 1. The van der Waals surface area contributed by atoms with E-state index in [1.54, 1.807) is 23.6 Å². The van der Waals surface area contributed by atoms with Gasteiger partial charge in [0.25, 0.3) is 5.91 Å². The minimum Gasteiger partial charge on any atom is -0.436 e. The quantitative estimate of drug-likeness (QED) is 0.454. The van der Waals surface area contributed by atoms with Crippen LogP contribution in [0.5, 0.6) is 0 Å². The predicted molar refractivity (Wildman–Crippen MR) is 120 cm³/mol. The summed E-state index contributed by atoms with van der Waals surface area (Å²) in [6.07, 6.45) is 1.69. The largest absolute Gasteiger partial charge is 0.436 e. The highest BCUT2D eigenvalue weighted by atomic mass is 32.1. The van der Waals surface area contributed by atoms with E-state index >= 15 is 0 Å². The van der Waals surface area contributed by atoms with Gasteiger partial charge in [0, 0.05) is 17.7 Å². The number of oxazole rings is 1. The van der Waals surface area contributed by atoms with Crippen LogP contribution in [0.1, 0.15) is 22.0 Å². The Balaban J connectivity index is 1.55. The molecule has 2 heterocycles. The van der Waals surface area contributed by atoms with Crippen LogP contribution >= 0.6 is 11.3 Å². The van der Waals surface area contributed by atoms with E-state index in [2.05, 4.69) is 32.0 Å². The summed E-state index contributed by atoms with van der Waals surface area (Å²) < 4.78 is 5.97. The third kappa shape index (κ3) is 4.35. The Morgan fingerprint density at radius 1 is 1.10 bits per heavy atom. The molecule has 0 aliphatic rings. The van der Waals surface area contributed by atoms with Gasteiger partial charge in [0.05, 0.1) is 17.8 Å². The van der Waals surface area contributed by atoms with Crippen molar-refractivity contribution in [3.05, 3.63) is 88.7 Å². The molecule has 1 amide bonds. The molecule has 1 N–H and O–H groups in total. The first-order valence-electron chi connectivity index (χ1n) is 9.71. The van der Waals surface area contributed by atoms with Gasteiger partial charge >= 0.3 is 0 Å². The fourth-order valence-electron chi connectivity index (χ4n) is 3.35. The average Bonchev–Trinajstić information content (AvgIpc) is 3.47. The average molecular weight is 418 g/mol. The Morgan fingerprint density at radius 2 is 1.87 bits per heavy atom. The summed E-state index contributed by atoms with van der Waals surface area (Å²) >= 11 is 1.66. The van der Waals surface area contributed by atoms with E-state index in [0.29, 0.717) is 29.3 Å². The second-order valence-electron chi connectivity index (χ2n) is 7.19. The minimum absolute atomic E-state index is 0.110. The lowest BCUT2D eigenvalue weighted by molar-refractivity contribution is 0.0942. The smallest absolute Gasteiger partial charge is 0.252 e. The zero-order chi connectivity index (χ0) is 20.9. The maximum absolute atomic E-state index is 13.0. The van der Waals surface area contributed by atoms with E-state index in [1.165, 1.54) is 5.56 Å². The monoisotopic (exact) mass is 417 g/mol. The highest BCUT2D eigenvalue weighted by molar-refractivity contribution is 7.08. The van der Waals surface area contributed by atoms with Gasteiger partial charge in [0.15, 0.2) is 5.76 Å². The Kier molecular flexibility index (Phi) is 6.07. The molecule has 2 aromatic heterocycles. The highest BCUT2D eigenvalue weighted by Gasteiger charge is 2.20. The standard InChI is InChI=1S/C24H23N3O2S/c1-27(2)21(18-12-13-30-16-18)14-25-23(28)19-10-6-7-11-20(19)24-26-15-22(29-24)17-8-4-3-5-9-17/h3-13,15-16,21H,14H2,1-2H3,(H,25,28)/t21-/m0/s1. The van der Waals surface area contributed by atoms with Crippen LogP contribution in [0, 0.1) is 0 Å². The second-order valence-corrected chi connectivity index (χ2v) is 7.97. The minimum atomic E-state index is -0.146. The highest BCUT2D eigenvalue weighted by Crippen LogP contribution is 2.28. The molecule has 0 aliphatic heterocycles. The third-order valence-electron chi connectivity index (χ3n) is 4.97. The van der Waals surface area contributed by atoms with Crippen LogP contribution in [0.3, 0.4) is 0 Å². The second kappa shape index (κ2) is 9.07. The number of nitrogens with one attached hydrogen (secondary N) is 1. The molecule has 0 bridgehead atoms. The lowest BCUT2D eigenvalue weighted by Crippen LogP contribution is -2.34. The van der Waals surface area contributed by atoms with Crippen molar-refractivity contribution in [2.45, 2.75) is 6.04 Å².